The summed E-state index contributed by atoms with van der Waals surface area (Å²) >= 11 is 3.63. The second-order valence-electron chi connectivity index (χ2n) is 5.78. The molecule has 1 unspecified atom stereocenters. The predicted molar refractivity (Wildman–Crippen MR) is 94.6 cm³/mol. The number of rotatable bonds is 4. The third kappa shape index (κ3) is 3.65. The minimum Gasteiger partial charge on any atom is -0.394 e. The van der Waals surface area contributed by atoms with Crippen molar-refractivity contribution in [3.05, 3.63) is 69.7 Å². The summed E-state index contributed by atoms with van der Waals surface area (Å²) in [6, 6.07) is 16.6. The van der Waals surface area contributed by atoms with E-state index < -0.39 is 0 Å². The zero-order valence-corrected chi connectivity index (χ0v) is 14.1. The molecule has 114 valence electrons. The van der Waals surface area contributed by atoms with Crippen LogP contribution in [0.2, 0.25) is 0 Å². The number of nitrogens with zero attached hydrogens (tertiary/aromatic N) is 1. The smallest absolute Gasteiger partial charge is 0.0770 e. The molecule has 0 heterocycles. The van der Waals surface area contributed by atoms with Crippen LogP contribution in [0.25, 0.3) is 0 Å². The summed E-state index contributed by atoms with van der Waals surface area (Å²) < 4.78 is 1.20. The van der Waals surface area contributed by atoms with Crippen LogP contribution in [-0.2, 0) is 19.3 Å². The van der Waals surface area contributed by atoms with E-state index in [0.717, 1.165) is 25.7 Å². The number of hydrogen-bond acceptors (Lipinski definition) is 2. The molecule has 2 nitrogen and oxygen atoms in total. The van der Waals surface area contributed by atoms with Crippen LogP contribution in [0.15, 0.2) is 58.0 Å². The average Bonchev–Trinajstić information content (AvgIpc) is 2.55. The molecule has 3 rings (SSSR count). The Labute approximate surface area is 140 Å². The van der Waals surface area contributed by atoms with Crippen LogP contribution in [0.3, 0.4) is 0 Å². The van der Waals surface area contributed by atoms with E-state index in [1.54, 1.807) is 0 Å². The van der Waals surface area contributed by atoms with Crippen molar-refractivity contribution in [3.8, 4) is 0 Å². The van der Waals surface area contributed by atoms with Gasteiger partial charge >= 0.3 is 0 Å². The molecule has 22 heavy (non-hydrogen) atoms. The van der Waals surface area contributed by atoms with Crippen molar-refractivity contribution in [1.82, 2.24) is 0 Å². The Bertz CT molecular complexity index is 666. The fourth-order valence-electron chi connectivity index (χ4n) is 3.03. The van der Waals surface area contributed by atoms with Gasteiger partial charge in [0.15, 0.2) is 0 Å². The summed E-state index contributed by atoms with van der Waals surface area (Å²) in [5.74, 6) is 0. The van der Waals surface area contributed by atoms with E-state index in [4.69, 9.17) is 4.99 Å². The maximum Gasteiger partial charge on any atom is 0.0770 e. The fourth-order valence-corrected chi connectivity index (χ4v) is 3.64. The Balaban J connectivity index is 1.74. The second kappa shape index (κ2) is 7.21. The monoisotopic (exact) mass is 357 g/mol. The lowest BCUT2D eigenvalue weighted by atomic mass is 9.90. The van der Waals surface area contributed by atoms with Crippen LogP contribution in [-0.4, -0.2) is 23.5 Å². The van der Waals surface area contributed by atoms with Gasteiger partial charge < -0.3 is 5.11 Å². The van der Waals surface area contributed by atoms with Crippen LogP contribution in [0, 0.1) is 0 Å². The van der Waals surface area contributed by atoms with Gasteiger partial charge in [-0.05, 0) is 42.0 Å². The maximum absolute atomic E-state index is 9.64. The van der Waals surface area contributed by atoms with Gasteiger partial charge in [0.05, 0.1) is 12.6 Å². The molecule has 0 spiro atoms. The first-order valence-corrected chi connectivity index (χ1v) is 8.52. The van der Waals surface area contributed by atoms with Crippen LogP contribution < -0.4 is 0 Å². The van der Waals surface area contributed by atoms with Crippen molar-refractivity contribution in [2.45, 2.75) is 31.7 Å². The lowest BCUT2D eigenvalue weighted by molar-refractivity contribution is 0.266. The fraction of sp³-hybridized carbons (Fsp3) is 0.316. The van der Waals surface area contributed by atoms with Gasteiger partial charge in [0, 0.05) is 16.6 Å². The van der Waals surface area contributed by atoms with Gasteiger partial charge in [-0.1, -0.05) is 58.4 Å². The van der Waals surface area contributed by atoms with Gasteiger partial charge in [-0.3, -0.25) is 4.99 Å². The quantitative estimate of drug-likeness (QED) is 0.881. The Morgan fingerprint density at radius 2 is 1.86 bits per heavy atom. The molecule has 2 aromatic rings. The first-order chi connectivity index (χ1) is 10.8. The van der Waals surface area contributed by atoms with E-state index in [9.17, 15) is 5.11 Å². The lowest BCUT2D eigenvalue weighted by Gasteiger charge is -2.21. The molecule has 0 amide bonds. The Morgan fingerprint density at radius 3 is 2.64 bits per heavy atom. The van der Waals surface area contributed by atoms with Crippen LogP contribution >= 0.6 is 15.9 Å². The number of aliphatic imine (C=N–C) groups is 1. The van der Waals surface area contributed by atoms with E-state index in [-0.39, 0.29) is 12.6 Å². The van der Waals surface area contributed by atoms with Crippen molar-refractivity contribution in [1.29, 1.82) is 0 Å². The number of halogens is 1. The van der Waals surface area contributed by atoms with Gasteiger partial charge in [0.1, 0.15) is 0 Å². The second-order valence-corrected chi connectivity index (χ2v) is 6.63. The largest absolute Gasteiger partial charge is 0.394 e. The van der Waals surface area contributed by atoms with Gasteiger partial charge in [0.2, 0.25) is 0 Å². The molecule has 0 aromatic heterocycles. The molecule has 3 heteroatoms. The minimum absolute atomic E-state index is 0.0360. The Morgan fingerprint density at radius 1 is 1.05 bits per heavy atom. The molecule has 0 bridgehead atoms. The lowest BCUT2D eigenvalue weighted by Crippen LogP contribution is -2.21. The molecule has 1 N–H and O–H groups in total. The molecule has 0 aliphatic heterocycles. The summed E-state index contributed by atoms with van der Waals surface area (Å²) in [6.07, 6.45) is 3.71. The normalized spacial score (nSPS) is 17.3. The first kappa shape index (κ1) is 15.4. The van der Waals surface area contributed by atoms with Crippen molar-refractivity contribution in [2.24, 2.45) is 4.99 Å². The standard InChI is InChI=1S/C19H20BrNO/c20-19-8-4-7-15-12-16(9-10-18(15)19)21-17(13-22)11-14-5-2-1-3-6-14/h1-8,17,22H,9-13H2. The highest BCUT2D eigenvalue weighted by Gasteiger charge is 2.17. The number of fused-ring (bicyclic) bond motifs is 1. The van der Waals surface area contributed by atoms with Crippen LogP contribution in [0.4, 0.5) is 0 Å². The zero-order chi connectivity index (χ0) is 15.4. The SMILES string of the molecule is OCC(Cc1ccccc1)N=C1CCc2c(Br)cccc2C1. The molecule has 2 aromatic carbocycles. The van der Waals surface area contributed by atoms with Crippen molar-refractivity contribution in [3.63, 3.8) is 0 Å². The molecule has 0 fully saturated rings. The molecule has 0 saturated carbocycles. The van der Waals surface area contributed by atoms with Gasteiger partial charge in [-0.15, -0.1) is 0 Å². The predicted octanol–water partition coefficient (Wildman–Crippen LogP) is 3.98. The van der Waals surface area contributed by atoms with E-state index in [0.29, 0.717) is 0 Å². The number of benzene rings is 2. The van der Waals surface area contributed by atoms with Gasteiger partial charge in [0.25, 0.3) is 0 Å². The van der Waals surface area contributed by atoms with E-state index in [1.807, 2.05) is 18.2 Å². The van der Waals surface area contributed by atoms with Crippen molar-refractivity contribution in [2.75, 3.05) is 6.61 Å². The summed E-state index contributed by atoms with van der Waals surface area (Å²) in [6.45, 7) is 0.101. The highest BCUT2D eigenvalue weighted by atomic mass is 79.9. The first-order valence-electron chi connectivity index (χ1n) is 7.73. The van der Waals surface area contributed by atoms with Gasteiger partial charge in [-0.25, -0.2) is 0 Å². The van der Waals surface area contributed by atoms with Crippen molar-refractivity contribution >= 4 is 21.6 Å². The summed E-state index contributed by atoms with van der Waals surface area (Å²) in [5, 5.41) is 9.64. The Kier molecular flexibility index (Phi) is 5.06. The van der Waals surface area contributed by atoms with Crippen LogP contribution in [0.5, 0.6) is 0 Å². The average molecular weight is 358 g/mol. The summed E-state index contributed by atoms with van der Waals surface area (Å²) in [4.78, 5) is 4.83. The number of aliphatic hydroxyl groups excluding tert-OH is 1. The van der Waals surface area contributed by atoms with Gasteiger partial charge in [-0.2, -0.15) is 0 Å². The minimum atomic E-state index is -0.0360. The van der Waals surface area contributed by atoms with Crippen LogP contribution in [0.1, 0.15) is 23.1 Å². The summed E-state index contributed by atoms with van der Waals surface area (Å²) in [7, 11) is 0. The van der Waals surface area contributed by atoms with Crippen molar-refractivity contribution < 1.29 is 5.11 Å². The molecule has 1 aliphatic rings. The molecule has 1 atom stereocenters. The van der Waals surface area contributed by atoms with E-state index in [1.165, 1.54) is 26.9 Å². The maximum atomic E-state index is 9.64. The topological polar surface area (TPSA) is 32.6 Å². The third-order valence-electron chi connectivity index (χ3n) is 4.16. The highest BCUT2D eigenvalue weighted by Crippen LogP contribution is 2.27. The zero-order valence-electron chi connectivity index (χ0n) is 12.5. The highest BCUT2D eigenvalue weighted by molar-refractivity contribution is 9.10. The molecule has 0 saturated heterocycles. The summed E-state index contributed by atoms with van der Waals surface area (Å²) in [5.41, 5.74) is 5.20. The number of aliphatic hydroxyl groups is 1. The molecule has 1 aliphatic carbocycles. The number of hydrogen-bond donors (Lipinski definition) is 1. The van der Waals surface area contributed by atoms with E-state index >= 15 is 0 Å². The van der Waals surface area contributed by atoms with E-state index in [2.05, 4.69) is 46.3 Å². The third-order valence-corrected chi connectivity index (χ3v) is 4.91. The molecule has 0 radical (unpaired) electrons. The Hall–Kier alpha value is -1.45. The molecular formula is C19H20BrNO. The molecular weight excluding hydrogens is 338 g/mol.